The molecule has 5 heteroatoms. The fourth-order valence-corrected chi connectivity index (χ4v) is 4.12. The molecule has 0 saturated heterocycles. The maximum Gasteiger partial charge on any atom is 0.229 e. The van der Waals surface area contributed by atoms with Crippen molar-refractivity contribution in [2.45, 2.75) is 12.8 Å². The molecule has 0 fully saturated rings. The van der Waals surface area contributed by atoms with Gasteiger partial charge in [-0.2, -0.15) is 0 Å². The van der Waals surface area contributed by atoms with Gasteiger partial charge in [0.05, 0.1) is 5.69 Å². The number of carbonyl (C=O) groups is 1. The summed E-state index contributed by atoms with van der Waals surface area (Å²) in [5.41, 5.74) is 4.20. The number of hydrogen-bond acceptors (Lipinski definition) is 3. The van der Waals surface area contributed by atoms with Gasteiger partial charge in [-0.1, -0.05) is 54.6 Å². The second-order valence-electron chi connectivity index (χ2n) is 6.53. The molecule has 2 aromatic heterocycles. The minimum atomic E-state index is 0.0548. The zero-order chi connectivity index (χ0) is 19.3. The minimum absolute atomic E-state index is 0.0548. The molecule has 0 aliphatic rings. The number of H-pyrrole nitrogens is 1. The SMILES string of the molecule is C=CCN(C(=O)CCc1c[nH]c2ccccc12)c1nc(-c2ccccc2)cs1. The average molecular weight is 388 g/mol. The summed E-state index contributed by atoms with van der Waals surface area (Å²) in [6.45, 7) is 4.26. The molecular weight excluding hydrogens is 366 g/mol. The van der Waals surface area contributed by atoms with E-state index in [0.717, 1.165) is 22.3 Å². The highest BCUT2D eigenvalue weighted by Crippen LogP contribution is 2.28. The highest BCUT2D eigenvalue weighted by atomic mass is 32.1. The molecule has 0 unspecified atom stereocenters. The second kappa shape index (κ2) is 8.23. The Bertz CT molecular complexity index is 1100. The Morgan fingerprint density at radius 1 is 1.14 bits per heavy atom. The number of para-hydroxylation sites is 1. The summed E-state index contributed by atoms with van der Waals surface area (Å²) in [5.74, 6) is 0.0548. The minimum Gasteiger partial charge on any atom is -0.361 e. The molecule has 0 aliphatic heterocycles. The molecule has 140 valence electrons. The van der Waals surface area contributed by atoms with Crippen molar-refractivity contribution in [3.8, 4) is 11.3 Å². The van der Waals surface area contributed by atoms with Gasteiger partial charge in [0.15, 0.2) is 5.13 Å². The van der Waals surface area contributed by atoms with Gasteiger partial charge in [-0.15, -0.1) is 17.9 Å². The van der Waals surface area contributed by atoms with Crippen LogP contribution in [0.2, 0.25) is 0 Å². The van der Waals surface area contributed by atoms with E-state index in [1.807, 2.05) is 60.1 Å². The van der Waals surface area contributed by atoms with Crippen molar-refractivity contribution in [1.82, 2.24) is 9.97 Å². The first kappa shape index (κ1) is 18.2. The Balaban J connectivity index is 1.50. The van der Waals surface area contributed by atoms with Crippen LogP contribution in [-0.4, -0.2) is 22.4 Å². The van der Waals surface area contributed by atoms with Gasteiger partial charge in [0.1, 0.15) is 0 Å². The van der Waals surface area contributed by atoms with Gasteiger partial charge in [0.2, 0.25) is 5.91 Å². The lowest BCUT2D eigenvalue weighted by molar-refractivity contribution is -0.118. The zero-order valence-electron chi connectivity index (χ0n) is 15.5. The predicted octanol–water partition coefficient (Wildman–Crippen LogP) is 5.44. The van der Waals surface area contributed by atoms with E-state index in [9.17, 15) is 4.79 Å². The van der Waals surface area contributed by atoms with Gasteiger partial charge in [-0.3, -0.25) is 9.69 Å². The number of aromatic amines is 1. The monoisotopic (exact) mass is 387 g/mol. The summed E-state index contributed by atoms with van der Waals surface area (Å²) in [4.78, 5) is 22.6. The summed E-state index contributed by atoms with van der Waals surface area (Å²) in [6.07, 6.45) is 4.85. The van der Waals surface area contributed by atoms with E-state index < -0.39 is 0 Å². The van der Waals surface area contributed by atoms with Crippen LogP contribution in [0, 0.1) is 0 Å². The Morgan fingerprint density at radius 3 is 2.75 bits per heavy atom. The fraction of sp³-hybridized carbons (Fsp3) is 0.130. The third-order valence-electron chi connectivity index (χ3n) is 4.69. The Hall–Kier alpha value is -3.18. The lowest BCUT2D eigenvalue weighted by atomic mass is 10.1. The highest BCUT2D eigenvalue weighted by Gasteiger charge is 2.19. The summed E-state index contributed by atoms with van der Waals surface area (Å²) in [7, 11) is 0. The first-order valence-electron chi connectivity index (χ1n) is 9.23. The number of hydrogen-bond donors (Lipinski definition) is 1. The van der Waals surface area contributed by atoms with Gasteiger partial charge < -0.3 is 4.98 Å². The molecule has 4 nitrogen and oxygen atoms in total. The molecule has 0 spiro atoms. The molecule has 0 atom stereocenters. The Morgan fingerprint density at radius 2 is 1.93 bits per heavy atom. The van der Waals surface area contributed by atoms with Crippen LogP contribution in [0.4, 0.5) is 5.13 Å². The third-order valence-corrected chi connectivity index (χ3v) is 5.55. The van der Waals surface area contributed by atoms with Gasteiger partial charge >= 0.3 is 0 Å². The van der Waals surface area contributed by atoms with Crippen molar-refractivity contribution in [3.05, 3.63) is 84.4 Å². The molecule has 0 saturated carbocycles. The van der Waals surface area contributed by atoms with E-state index in [-0.39, 0.29) is 5.91 Å². The lowest BCUT2D eigenvalue weighted by Gasteiger charge is -2.18. The van der Waals surface area contributed by atoms with Crippen molar-refractivity contribution >= 4 is 33.3 Å². The van der Waals surface area contributed by atoms with E-state index >= 15 is 0 Å². The van der Waals surface area contributed by atoms with Gasteiger partial charge in [0.25, 0.3) is 0 Å². The van der Waals surface area contributed by atoms with Crippen molar-refractivity contribution < 1.29 is 4.79 Å². The maximum absolute atomic E-state index is 12.9. The number of nitrogens with zero attached hydrogens (tertiary/aromatic N) is 2. The Kier molecular flexibility index (Phi) is 5.35. The number of rotatable bonds is 7. The van der Waals surface area contributed by atoms with Crippen LogP contribution in [0.25, 0.3) is 22.2 Å². The van der Waals surface area contributed by atoms with Crippen molar-refractivity contribution in [1.29, 1.82) is 0 Å². The number of aryl methyl sites for hydroxylation is 1. The quantitative estimate of drug-likeness (QED) is 0.429. The van der Waals surface area contributed by atoms with E-state index in [0.29, 0.717) is 24.5 Å². The number of benzene rings is 2. The van der Waals surface area contributed by atoms with Gasteiger partial charge in [-0.25, -0.2) is 4.98 Å². The standard InChI is InChI=1S/C23H21N3OS/c1-2-14-26(23-25-21(16-28-23)17-8-4-3-5-9-17)22(27)13-12-18-15-24-20-11-7-6-10-19(18)20/h2-11,15-16,24H,1,12-14H2. The summed E-state index contributed by atoms with van der Waals surface area (Å²) < 4.78 is 0. The van der Waals surface area contributed by atoms with Gasteiger partial charge in [0, 0.05) is 41.0 Å². The molecule has 2 aromatic carbocycles. The zero-order valence-corrected chi connectivity index (χ0v) is 16.3. The second-order valence-corrected chi connectivity index (χ2v) is 7.37. The van der Waals surface area contributed by atoms with Crippen LogP contribution in [0.3, 0.4) is 0 Å². The van der Waals surface area contributed by atoms with Crippen LogP contribution in [-0.2, 0) is 11.2 Å². The van der Waals surface area contributed by atoms with E-state index in [1.54, 1.807) is 11.0 Å². The number of nitrogens with one attached hydrogen (secondary N) is 1. The molecule has 0 radical (unpaired) electrons. The molecule has 4 rings (SSSR count). The normalized spacial score (nSPS) is 10.9. The Labute approximate surface area is 168 Å². The van der Waals surface area contributed by atoms with E-state index in [1.165, 1.54) is 16.7 Å². The third kappa shape index (κ3) is 3.75. The molecular formula is C23H21N3OS. The molecule has 2 heterocycles. The summed E-state index contributed by atoms with van der Waals surface area (Å²) >= 11 is 1.49. The van der Waals surface area contributed by atoms with Crippen molar-refractivity contribution in [2.24, 2.45) is 0 Å². The molecule has 4 aromatic rings. The van der Waals surface area contributed by atoms with Crippen molar-refractivity contribution in [2.75, 3.05) is 11.4 Å². The molecule has 1 N–H and O–H groups in total. The van der Waals surface area contributed by atoms with Crippen LogP contribution < -0.4 is 4.90 Å². The molecule has 28 heavy (non-hydrogen) atoms. The summed E-state index contributed by atoms with van der Waals surface area (Å²) in [6, 6.07) is 18.2. The topological polar surface area (TPSA) is 49.0 Å². The smallest absolute Gasteiger partial charge is 0.229 e. The fourth-order valence-electron chi connectivity index (χ4n) is 3.26. The molecule has 1 amide bonds. The molecule has 0 aliphatic carbocycles. The number of anilines is 1. The largest absolute Gasteiger partial charge is 0.361 e. The van der Waals surface area contributed by atoms with E-state index in [4.69, 9.17) is 0 Å². The molecule has 0 bridgehead atoms. The number of thiazole rings is 1. The van der Waals surface area contributed by atoms with Crippen LogP contribution in [0.15, 0.2) is 78.8 Å². The number of aromatic nitrogens is 2. The number of carbonyl (C=O) groups excluding carboxylic acids is 1. The number of amides is 1. The van der Waals surface area contributed by atoms with Crippen LogP contribution >= 0.6 is 11.3 Å². The van der Waals surface area contributed by atoms with Gasteiger partial charge in [-0.05, 0) is 18.1 Å². The van der Waals surface area contributed by atoms with E-state index in [2.05, 4.69) is 22.6 Å². The lowest BCUT2D eigenvalue weighted by Crippen LogP contribution is -2.31. The first-order chi connectivity index (χ1) is 13.8. The summed E-state index contributed by atoms with van der Waals surface area (Å²) in [5, 5.41) is 3.88. The maximum atomic E-state index is 12.9. The predicted molar refractivity (Wildman–Crippen MR) is 117 cm³/mol. The first-order valence-corrected chi connectivity index (χ1v) is 10.1. The highest BCUT2D eigenvalue weighted by molar-refractivity contribution is 7.14. The van der Waals surface area contributed by atoms with Crippen molar-refractivity contribution in [3.63, 3.8) is 0 Å². The number of fused-ring (bicyclic) bond motifs is 1. The average Bonchev–Trinajstić information content (AvgIpc) is 3.38. The van der Waals surface area contributed by atoms with Crippen LogP contribution in [0.1, 0.15) is 12.0 Å². The van der Waals surface area contributed by atoms with Crippen LogP contribution in [0.5, 0.6) is 0 Å².